The van der Waals surface area contributed by atoms with Gasteiger partial charge in [-0.1, -0.05) is 12.1 Å². The van der Waals surface area contributed by atoms with Gasteiger partial charge in [0, 0.05) is 19.7 Å². The second kappa shape index (κ2) is 8.54. The number of sulfonamides is 1. The zero-order valence-corrected chi connectivity index (χ0v) is 14.9. The molecule has 1 aromatic heterocycles. The molecular weight excluding hydrogens is 358 g/mol. The summed E-state index contributed by atoms with van der Waals surface area (Å²) in [5, 5.41) is 11.6. The third-order valence-electron chi connectivity index (χ3n) is 3.50. The summed E-state index contributed by atoms with van der Waals surface area (Å²) in [5.74, 6) is -0.940. The van der Waals surface area contributed by atoms with E-state index >= 15 is 0 Å². The van der Waals surface area contributed by atoms with Crippen molar-refractivity contribution < 1.29 is 23.1 Å². The standard InChI is InChI=1S/C17H19N3O5S/c1-12(22)18-9-8-13-2-6-16(7-3-13)26(24,25)20-17(23)14-4-5-15(11-21)19-10-14/h2-7,10,21H,8-9,11H2,1H3,(H,18,22)(H,20,23). The molecule has 0 aliphatic heterocycles. The molecule has 2 amide bonds. The fourth-order valence-electron chi connectivity index (χ4n) is 2.11. The first-order chi connectivity index (χ1) is 12.3. The van der Waals surface area contributed by atoms with Crippen LogP contribution in [0.5, 0.6) is 0 Å². The van der Waals surface area contributed by atoms with Crippen LogP contribution in [0.2, 0.25) is 0 Å². The number of hydrogen-bond donors (Lipinski definition) is 3. The van der Waals surface area contributed by atoms with Gasteiger partial charge >= 0.3 is 0 Å². The Balaban J connectivity index is 2.04. The van der Waals surface area contributed by atoms with Crippen LogP contribution in [0, 0.1) is 0 Å². The van der Waals surface area contributed by atoms with Gasteiger partial charge in [-0.05, 0) is 36.2 Å². The number of benzene rings is 1. The number of nitrogens with one attached hydrogen (secondary N) is 2. The van der Waals surface area contributed by atoms with Gasteiger partial charge in [0.2, 0.25) is 5.91 Å². The molecule has 1 heterocycles. The summed E-state index contributed by atoms with van der Waals surface area (Å²) < 4.78 is 26.6. The number of pyridine rings is 1. The normalized spacial score (nSPS) is 11.0. The number of aliphatic hydroxyl groups is 1. The van der Waals surface area contributed by atoms with Crippen molar-refractivity contribution >= 4 is 21.8 Å². The van der Waals surface area contributed by atoms with E-state index < -0.39 is 15.9 Å². The lowest BCUT2D eigenvalue weighted by atomic mass is 10.1. The minimum absolute atomic E-state index is 0.0472. The van der Waals surface area contributed by atoms with Gasteiger partial charge in [-0.3, -0.25) is 14.6 Å². The van der Waals surface area contributed by atoms with Gasteiger partial charge in [0.1, 0.15) is 0 Å². The Bertz CT molecular complexity index is 878. The SMILES string of the molecule is CC(=O)NCCc1ccc(S(=O)(=O)NC(=O)c2ccc(CO)nc2)cc1. The van der Waals surface area contributed by atoms with Gasteiger partial charge in [0.05, 0.1) is 22.8 Å². The highest BCUT2D eigenvalue weighted by Gasteiger charge is 2.19. The maximum Gasteiger partial charge on any atom is 0.266 e. The predicted octanol–water partition coefficient (Wildman–Crippen LogP) is 0.371. The maximum atomic E-state index is 12.3. The van der Waals surface area contributed by atoms with Crippen molar-refractivity contribution in [1.82, 2.24) is 15.0 Å². The summed E-state index contributed by atoms with van der Waals surface area (Å²) >= 11 is 0. The number of carbonyl (C=O) groups is 2. The number of hydrogen-bond acceptors (Lipinski definition) is 6. The fraction of sp³-hybridized carbons (Fsp3) is 0.235. The Morgan fingerprint density at radius 1 is 1.12 bits per heavy atom. The smallest absolute Gasteiger partial charge is 0.266 e. The Labute approximate surface area is 151 Å². The van der Waals surface area contributed by atoms with Gasteiger partial charge < -0.3 is 10.4 Å². The third kappa shape index (κ3) is 5.36. The van der Waals surface area contributed by atoms with Crippen molar-refractivity contribution in [2.45, 2.75) is 24.8 Å². The van der Waals surface area contributed by atoms with Crippen LogP contribution in [0.15, 0.2) is 47.5 Å². The van der Waals surface area contributed by atoms with Gasteiger partial charge in [-0.2, -0.15) is 0 Å². The monoisotopic (exact) mass is 377 g/mol. The Morgan fingerprint density at radius 2 is 1.81 bits per heavy atom. The van der Waals surface area contributed by atoms with Crippen molar-refractivity contribution in [2.24, 2.45) is 0 Å². The molecule has 2 aromatic rings. The van der Waals surface area contributed by atoms with Crippen molar-refractivity contribution in [2.75, 3.05) is 6.54 Å². The maximum absolute atomic E-state index is 12.3. The van der Waals surface area contributed by atoms with E-state index in [-0.39, 0.29) is 23.0 Å². The molecule has 9 heteroatoms. The first-order valence-electron chi connectivity index (χ1n) is 7.78. The van der Waals surface area contributed by atoms with Crippen LogP contribution in [-0.2, 0) is 27.8 Å². The van der Waals surface area contributed by atoms with E-state index in [2.05, 4.69) is 10.3 Å². The largest absolute Gasteiger partial charge is 0.390 e. The molecule has 2 rings (SSSR count). The molecule has 8 nitrogen and oxygen atoms in total. The quantitative estimate of drug-likeness (QED) is 0.640. The van der Waals surface area contributed by atoms with Crippen molar-refractivity contribution in [3.63, 3.8) is 0 Å². The fourth-order valence-corrected chi connectivity index (χ4v) is 3.08. The lowest BCUT2D eigenvalue weighted by molar-refractivity contribution is -0.118. The van der Waals surface area contributed by atoms with Crippen molar-refractivity contribution in [1.29, 1.82) is 0 Å². The van der Waals surface area contributed by atoms with Crippen molar-refractivity contribution in [3.05, 3.63) is 59.4 Å². The molecule has 0 saturated carbocycles. The van der Waals surface area contributed by atoms with E-state index in [9.17, 15) is 18.0 Å². The first-order valence-corrected chi connectivity index (χ1v) is 9.26. The zero-order valence-electron chi connectivity index (χ0n) is 14.1. The molecule has 0 aliphatic rings. The van der Waals surface area contributed by atoms with E-state index in [0.717, 1.165) is 5.56 Å². The summed E-state index contributed by atoms with van der Waals surface area (Å²) in [6, 6.07) is 8.86. The van der Waals surface area contributed by atoms with Crippen LogP contribution < -0.4 is 10.0 Å². The first kappa shape index (κ1) is 19.5. The highest BCUT2D eigenvalue weighted by Crippen LogP contribution is 2.12. The number of carbonyl (C=O) groups excluding carboxylic acids is 2. The predicted molar refractivity (Wildman–Crippen MR) is 93.6 cm³/mol. The molecule has 1 aromatic carbocycles. The summed E-state index contributed by atoms with van der Waals surface area (Å²) in [4.78, 5) is 26.7. The van der Waals surface area contributed by atoms with E-state index in [1.54, 1.807) is 12.1 Å². The highest BCUT2D eigenvalue weighted by molar-refractivity contribution is 7.90. The highest BCUT2D eigenvalue weighted by atomic mass is 32.2. The molecule has 0 atom stereocenters. The molecule has 0 spiro atoms. The van der Waals surface area contributed by atoms with E-state index in [1.165, 1.54) is 37.4 Å². The Hall–Kier alpha value is -2.78. The molecule has 138 valence electrons. The summed E-state index contributed by atoms with van der Waals surface area (Å²) in [7, 11) is -4.02. The van der Waals surface area contributed by atoms with Crippen LogP contribution in [0.25, 0.3) is 0 Å². The van der Waals surface area contributed by atoms with Crippen LogP contribution >= 0.6 is 0 Å². The third-order valence-corrected chi connectivity index (χ3v) is 4.84. The summed E-state index contributed by atoms with van der Waals surface area (Å²) in [6.45, 7) is 1.61. The second-order valence-corrected chi connectivity index (χ2v) is 7.19. The van der Waals surface area contributed by atoms with Gasteiger partial charge in [0.25, 0.3) is 15.9 Å². The number of amides is 2. The van der Waals surface area contributed by atoms with Crippen LogP contribution in [0.1, 0.15) is 28.5 Å². The lowest BCUT2D eigenvalue weighted by Crippen LogP contribution is -2.30. The number of rotatable bonds is 7. The Kier molecular flexibility index (Phi) is 6.42. The molecule has 3 N–H and O–H groups in total. The average Bonchev–Trinajstić information content (AvgIpc) is 2.61. The average molecular weight is 377 g/mol. The molecule has 0 unspecified atom stereocenters. The van der Waals surface area contributed by atoms with Crippen LogP contribution in [-0.4, -0.2) is 36.9 Å². The molecule has 26 heavy (non-hydrogen) atoms. The number of nitrogens with zero attached hydrogens (tertiary/aromatic N) is 1. The molecular formula is C17H19N3O5S. The molecule has 0 fully saturated rings. The summed E-state index contributed by atoms with van der Waals surface area (Å²) in [6.07, 6.45) is 1.76. The van der Waals surface area contributed by atoms with E-state index in [4.69, 9.17) is 5.11 Å². The van der Waals surface area contributed by atoms with E-state index in [0.29, 0.717) is 18.7 Å². The molecule has 0 radical (unpaired) electrons. The number of aromatic nitrogens is 1. The molecule has 0 saturated heterocycles. The minimum atomic E-state index is -4.02. The van der Waals surface area contributed by atoms with Gasteiger partial charge in [0.15, 0.2) is 0 Å². The zero-order chi connectivity index (χ0) is 19.2. The second-order valence-electron chi connectivity index (χ2n) is 5.51. The van der Waals surface area contributed by atoms with Gasteiger partial charge in [-0.15, -0.1) is 0 Å². The summed E-state index contributed by atoms with van der Waals surface area (Å²) in [5.41, 5.74) is 1.30. The van der Waals surface area contributed by atoms with Gasteiger partial charge in [-0.25, -0.2) is 13.1 Å². The molecule has 0 bridgehead atoms. The topological polar surface area (TPSA) is 125 Å². The molecule has 0 aliphatic carbocycles. The number of aliphatic hydroxyl groups excluding tert-OH is 1. The van der Waals surface area contributed by atoms with Crippen molar-refractivity contribution in [3.8, 4) is 0 Å². The van der Waals surface area contributed by atoms with Crippen LogP contribution in [0.3, 0.4) is 0 Å². The van der Waals surface area contributed by atoms with E-state index in [1.807, 2.05) is 4.72 Å². The minimum Gasteiger partial charge on any atom is -0.390 e. The lowest BCUT2D eigenvalue weighted by Gasteiger charge is -2.08. The Morgan fingerprint density at radius 3 is 2.35 bits per heavy atom. The van der Waals surface area contributed by atoms with Crippen LogP contribution in [0.4, 0.5) is 0 Å².